The lowest BCUT2D eigenvalue weighted by Gasteiger charge is -2.22. The minimum absolute atomic E-state index is 0.0439. The Morgan fingerprint density at radius 2 is 1.60 bits per heavy atom. The van der Waals surface area contributed by atoms with E-state index in [1.165, 1.54) is 0 Å². The van der Waals surface area contributed by atoms with Crippen molar-refractivity contribution in [3.8, 4) is 5.75 Å². The predicted molar refractivity (Wildman–Crippen MR) is 106 cm³/mol. The number of benzene rings is 2. The number of hydrogen-bond donors (Lipinski definition) is 0. The SMILES string of the molecule is COc1ccc(C(=O)/C=C/c2ccc(N(CCCl)CCCl)cc2)cc1. The third-order valence-electron chi connectivity index (χ3n) is 3.77. The van der Waals surface area contributed by atoms with Gasteiger partial charge in [-0.3, -0.25) is 4.79 Å². The molecule has 0 fully saturated rings. The lowest BCUT2D eigenvalue weighted by molar-refractivity contribution is 0.104. The van der Waals surface area contributed by atoms with Gasteiger partial charge in [-0.05, 0) is 48.0 Å². The van der Waals surface area contributed by atoms with Crippen LogP contribution in [0.3, 0.4) is 0 Å². The Kier molecular flexibility index (Phi) is 7.83. The van der Waals surface area contributed by atoms with Crippen LogP contribution in [0.25, 0.3) is 6.08 Å². The van der Waals surface area contributed by atoms with Crippen molar-refractivity contribution in [2.24, 2.45) is 0 Å². The molecule has 5 heteroatoms. The average Bonchev–Trinajstić information content (AvgIpc) is 2.66. The van der Waals surface area contributed by atoms with Crippen molar-refractivity contribution in [3.63, 3.8) is 0 Å². The summed E-state index contributed by atoms with van der Waals surface area (Å²) in [5.74, 6) is 1.79. The van der Waals surface area contributed by atoms with E-state index in [0.717, 1.165) is 30.1 Å². The minimum atomic E-state index is -0.0439. The molecular formula is C20H21Cl2NO2. The molecule has 0 heterocycles. The molecule has 2 aromatic carbocycles. The van der Waals surface area contributed by atoms with Crippen LogP contribution in [0.4, 0.5) is 5.69 Å². The van der Waals surface area contributed by atoms with Gasteiger partial charge in [0.2, 0.25) is 0 Å². The second kappa shape index (κ2) is 10.1. The van der Waals surface area contributed by atoms with Gasteiger partial charge in [-0.2, -0.15) is 0 Å². The first-order valence-corrected chi connectivity index (χ1v) is 9.08. The standard InChI is InChI=1S/C20H21Cl2NO2/c1-25-19-9-5-17(6-10-19)20(24)11-4-16-2-7-18(8-3-16)23(14-12-21)15-13-22/h2-11H,12-15H2,1H3/b11-4+. The van der Waals surface area contributed by atoms with Gasteiger partial charge in [-0.15, -0.1) is 23.2 Å². The highest BCUT2D eigenvalue weighted by atomic mass is 35.5. The molecule has 0 amide bonds. The summed E-state index contributed by atoms with van der Waals surface area (Å²) < 4.78 is 5.09. The maximum atomic E-state index is 12.2. The third kappa shape index (κ3) is 5.80. The Labute approximate surface area is 158 Å². The first-order valence-electron chi connectivity index (χ1n) is 8.01. The van der Waals surface area contributed by atoms with Gasteiger partial charge in [0.15, 0.2) is 5.78 Å². The Bertz CT molecular complexity index is 691. The average molecular weight is 378 g/mol. The molecule has 0 aromatic heterocycles. The summed E-state index contributed by atoms with van der Waals surface area (Å²) >= 11 is 11.7. The summed E-state index contributed by atoms with van der Waals surface area (Å²) in [4.78, 5) is 14.3. The number of carbonyl (C=O) groups excluding carboxylic acids is 1. The molecule has 3 nitrogen and oxygen atoms in total. The first-order chi connectivity index (χ1) is 12.2. The molecule has 2 aromatic rings. The van der Waals surface area contributed by atoms with E-state index in [2.05, 4.69) is 4.90 Å². The van der Waals surface area contributed by atoms with E-state index in [4.69, 9.17) is 27.9 Å². The lowest BCUT2D eigenvalue weighted by atomic mass is 10.1. The largest absolute Gasteiger partial charge is 0.497 e. The van der Waals surface area contributed by atoms with Gasteiger partial charge >= 0.3 is 0 Å². The van der Waals surface area contributed by atoms with E-state index in [9.17, 15) is 4.79 Å². The van der Waals surface area contributed by atoms with Gasteiger partial charge in [-0.25, -0.2) is 0 Å². The molecule has 0 aliphatic rings. The zero-order valence-corrected chi connectivity index (χ0v) is 15.6. The van der Waals surface area contributed by atoms with Crippen molar-refractivity contribution in [2.45, 2.75) is 0 Å². The quantitative estimate of drug-likeness (QED) is 0.354. The number of carbonyl (C=O) groups is 1. The minimum Gasteiger partial charge on any atom is -0.497 e. The highest BCUT2D eigenvalue weighted by Crippen LogP contribution is 2.17. The summed E-state index contributed by atoms with van der Waals surface area (Å²) in [6, 6.07) is 15.0. The van der Waals surface area contributed by atoms with Crippen molar-refractivity contribution in [2.75, 3.05) is 36.9 Å². The Morgan fingerprint density at radius 1 is 1.00 bits per heavy atom. The normalized spacial score (nSPS) is 10.8. The maximum absolute atomic E-state index is 12.2. The molecule has 0 atom stereocenters. The molecular weight excluding hydrogens is 357 g/mol. The second-order valence-electron chi connectivity index (χ2n) is 5.38. The lowest BCUT2D eigenvalue weighted by Crippen LogP contribution is -2.27. The summed E-state index contributed by atoms with van der Waals surface area (Å²) in [7, 11) is 1.60. The molecule has 0 unspecified atom stereocenters. The molecule has 0 radical (unpaired) electrons. The first kappa shape index (κ1) is 19.4. The predicted octanol–water partition coefficient (Wildman–Crippen LogP) is 4.88. The fraction of sp³-hybridized carbons (Fsp3) is 0.250. The number of ether oxygens (including phenoxy) is 1. The van der Waals surface area contributed by atoms with Crippen LogP contribution in [-0.2, 0) is 0 Å². The molecule has 132 valence electrons. The molecule has 0 spiro atoms. The van der Waals surface area contributed by atoms with Gasteiger partial charge in [0.25, 0.3) is 0 Å². The number of ketones is 1. The van der Waals surface area contributed by atoms with E-state index in [1.54, 1.807) is 37.5 Å². The molecule has 25 heavy (non-hydrogen) atoms. The highest BCUT2D eigenvalue weighted by Gasteiger charge is 2.05. The number of halogens is 2. The van der Waals surface area contributed by atoms with Crippen LogP contribution in [0.5, 0.6) is 5.75 Å². The Morgan fingerprint density at radius 3 is 2.12 bits per heavy atom. The van der Waals surface area contributed by atoms with Crippen LogP contribution in [0, 0.1) is 0 Å². The van der Waals surface area contributed by atoms with Crippen LogP contribution in [-0.4, -0.2) is 37.7 Å². The van der Waals surface area contributed by atoms with Gasteiger partial charge in [-0.1, -0.05) is 18.2 Å². The van der Waals surface area contributed by atoms with E-state index >= 15 is 0 Å². The maximum Gasteiger partial charge on any atom is 0.185 e. The molecule has 0 N–H and O–H groups in total. The topological polar surface area (TPSA) is 29.5 Å². The third-order valence-corrected chi connectivity index (χ3v) is 4.11. The molecule has 0 aliphatic heterocycles. The molecule has 2 rings (SSSR count). The van der Waals surface area contributed by atoms with Gasteiger partial charge in [0.05, 0.1) is 7.11 Å². The van der Waals surface area contributed by atoms with Gasteiger partial charge < -0.3 is 9.64 Å². The van der Waals surface area contributed by atoms with Crippen LogP contribution < -0.4 is 9.64 Å². The van der Waals surface area contributed by atoms with E-state index in [0.29, 0.717) is 17.3 Å². The zero-order valence-electron chi connectivity index (χ0n) is 14.1. The van der Waals surface area contributed by atoms with Crippen molar-refractivity contribution in [3.05, 3.63) is 65.7 Å². The van der Waals surface area contributed by atoms with Crippen LogP contribution in [0.1, 0.15) is 15.9 Å². The van der Waals surface area contributed by atoms with Gasteiger partial charge in [0, 0.05) is 36.1 Å². The fourth-order valence-corrected chi connectivity index (χ4v) is 2.80. The highest BCUT2D eigenvalue weighted by molar-refractivity contribution is 6.18. The van der Waals surface area contributed by atoms with E-state index in [1.807, 2.05) is 30.3 Å². The number of anilines is 1. The summed E-state index contributed by atoms with van der Waals surface area (Å²) in [6.45, 7) is 1.50. The van der Waals surface area contributed by atoms with Gasteiger partial charge in [0.1, 0.15) is 5.75 Å². The van der Waals surface area contributed by atoms with Crippen LogP contribution >= 0.6 is 23.2 Å². The van der Waals surface area contributed by atoms with Crippen molar-refractivity contribution in [1.29, 1.82) is 0 Å². The molecule has 0 bridgehead atoms. The van der Waals surface area contributed by atoms with E-state index in [-0.39, 0.29) is 5.78 Å². The Hall–Kier alpha value is -1.97. The monoisotopic (exact) mass is 377 g/mol. The number of hydrogen-bond acceptors (Lipinski definition) is 3. The summed E-state index contributed by atoms with van der Waals surface area (Å²) in [5, 5.41) is 0. The number of alkyl halides is 2. The van der Waals surface area contributed by atoms with Crippen molar-refractivity contribution in [1.82, 2.24) is 0 Å². The summed E-state index contributed by atoms with van der Waals surface area (Å²) in [5.41, 5.74) is 2.66. The van der Waals surface area contributed by atoms with E-state index < -0.39 is 0 Å². The molecule has 0 aliphatic carbocycles. The second-order valence-corrected chi connectivity index (χ2v) is 6.14. The number of methoxy groups -OCH3 is 1. The number of rotatable bonds is 9. The van der Waals surface area contributed by atoms with Crippen molar-refractivity contribution >= 4 is 40.7 Å². The number of nitrogens with zero attached hydrogens (tertiary/aromatic N) is 1. The smallest absolute Gasteiger partial charge is 0.185 e. The van der Waals surface area contributed by atoms with Crippen LogP contribution in [0.15, 0.2) is 54.6 Å². The fourth-order valence-electron chi connectivity index (χ4n) is 2.39. The molecule has 0 saturated heterocycles. The molecule has 0 saturated carbocycles. The number of allylic oxidation sites excluding steroid dienone is 1. The summed E-state index contributed by atoms with van der Waals surface area (Å²) in [6.07, 6.45) is 3.38. The Balaban J connectivity index is 2.03. The zero-order chi connectivity index (χ0) is 18.1. The van der Waals surface area contributed by atoms with Crippen molar-refractivity contribution < 1.29 is 9.53 Å². The van der Waals surface area contributed by atoms with Crippen LogP contribution in [0.2, 0.25) is 0 Å².